The number of carboxylic acids is 1. The summed E-state index contributed by atoms with van der Waals surface area (Å²) >= 11 is 0. The molecule has 2 amide bonds. The lowest BCUT2D eigenvalue weighted by atomic mass is 10.2. The average Bonchev–Trinajstić information content (AvgIpc) is 2.64. The van der Waals surface area contributed by atoms with Crippen molar-refractivity contribution in [1.82, 2.24) is 15.4 Å². The minimum Gasteiger partial charge on any atom is -0.480 e. The van der Waals surface area contributed by atoms with Crippen LogP contribution in [0.4, 0.5) is 0 Å². The Hall–Kier alpha value is -2.50. The number of aliphatic carboxylic acids is 1. The predicted molar refractivity (Wildman–Crippen MR) is 97.1 cm³/mol. The van der Waals surface area contributed by atoms with Crippen molar-refractivity contribution in [2.45, 2.75) is 30.2 Å². The van der Waals surface area contributed by atoms with Crippen molar-refractivity contribution in [2.75, 3.05) is 19.6 Å². The van der Waals surface area contributed by atoms with Crippen molar-refractivity contribution in [3.63, 3.8) is 0 Å². The van der Waals surface area contributed by atoms with E-state index in [1.165, 1.54) is 24.3 Å². The Morgan fingerprint density at radius 3 is 2.30 bits per heavy atom. The van der Waals surface area contributed by atoms with Crippen molar-refractivity contribution in [2.24, 2.45) is 5.73 Å². The second-order valence-corrected chi connectivity index (χ2v) is 7.37. The highest BCUT2D eigenvalue weighted by Gasteiger charge is 2.25. The average molecular weight is 400 g/mol. The number of nitrogens with one attached hydrogen (secondary N) is 3. The van der Waals surface area contributed by atoms with Gasteiger partial charge in [0.25, 0.3) is 0 Å². The Bertz CT molecular complexity index is 739. The van der Waals surface area contributed by atoms with Gasteiger partial charge in [-0.2, -0.15) is 4.72 Å². The molecule has 0 radical (unpaired) electrons. The predicted octanol–water partition coefficient (Wildman–Crippen LogP) is -1.22. The normalized spacial score (nSPS) is 12.2. The smallest absolute Gasteiger partial charge is 0.323 e. The first-order valence-electron chi connectivity index (χ1n) is 8.30. The molecule has 1 aromatic rings. The van der Waals surface area contributed by atoms with E-state index in [-0.39, 0.29) is 23.8 Å². The third kappa shape index (κ3) is 8.62. The maximum absolute atomic E-state index is 12.2. The molecule has 27 heavy (non-hydrogen) atoms. The van der Waals surface area contributed by atoms with Gasteiger partial charge in [0.1, 0.15) is 6.04 Å². The van der Waals surface area contributed by atoms with Gasteiger partial charge in [-0.1, -0.05) is 18.2 Å². The molecule has 0 heterocycles. The van der Waals surface area contributed by atoms with Crippen LogP contribution in [0.25, 0.3) is 0 Å². The van der Waals surface area contributed by atoms with Gasteiger partial charge >= 0.3 is 5.97 Å². The van der Waals surface area contributed by atoms with E-state index in [1.807, 2.05) is 4.72 Å². The number of nitrogens with two attached hydrogens (primary N) is 1. The Labute approximate surface area is 157 Å². The van der Waals surface area contributed by atoms with Crippen LogP contribution in [0.5, 0.6) is 0 Å². The Balaban J connectivity index is 2.50. The Kier molecular flexibility index (Phi) is 9.40. The van der Waals surface area contributed by atoms with Crippen LogP contribution in [0, 0.1) is 0 Å². The molecule has 0 fully saturated rings. The highest BCUT2D eigenvalue weighted by molar-refractivity contribution is 7.89. The van der Waals surface area contributed by atoms with Crippen LogP contribution < -0.4 is 21.1 Å². The third-order valence-corrected chi connectivity index (χ3v) is 4.94. The zero-order valence-electron chi connectivity index (χ0n) is 14.7. The van der Waals surface area contributed by atoms with Gasteiger partial charge < -0.3 is 21.5 Å². The first kappa shape index (κ1) is 22.5. The monoisotopic (exact) mass is 400 g/mol. The summed E-state index contributed by atoms with van der Waals surface area (Å²) in [6.07, 6.45) is 1.53. The topological polar surface area (TPSA) is 168 Å². The molecule has 0 unspecified atom stereocenters. The summed E-state index contributed by atoms with van der Waals surface area (Å²) < 4.78 is 26.4. The number of benzene rings is 1. The second-order valence-electron chi connectivity index (χ2n) is 5.65. The number of hydrogen-bond acceptors (Lipinski definition) is 6. The molecule has 11 heteroatoms. The summed E-state index contributed by atoms with van der Waals surface area (Å²) in [5.74, 6) is -2.40. The minimum atomic E-state index is -4.05. The zero-order chi connectivity index (χ0) is 20.3. The van der Waals surface area contributed by atoms with Crippen molar-refractivity contribution in [3.8, 4) is 0 Å². The lowest BCUT2D eigenvalue weighted by Gasteiger charge is -2.15. The number of carboxylic acid groups (broad SMARTS) is 1. The SMILES string of the molecule is NCCCCC(=O)NCC(=O)NC[C@@H](NS(=O)(=O)c1ccccc1)C(=O)O. The van der Waals surface area contributed by atoms with Crippen LogP contribution in [0.1, 0.15) is 19.3 Å². The van der Waals surface area contributed by atoms with Crippen molar-refractivity contribution >= 4 is 27.8 Å². The summed E-state index contributed by atoms with van der Waals surface area (Å²) in [6, 6.07) is 5.71. The fourth-order valence-electron chi connectivity index (χ4n) is 2.01. The van der Waals surface area contributed by atoms with Crippen LogP contribution in [-0.4, -0.2) is 57.0 Å². The fourth-order valence-corrected chi connectivity index (χ4v) is 3.22. The van der Waals surface area contributed by atoms with E-state index < -0.39 is 34.5 Å². The van der Waals surface area contributed by atoms with E-state index >= 15 is 0 Å². The lowest BCUT2D eigenvalue weighted by Crippen LogP contribution is -2.49. The first-order chi connectivity index (χ1) is 12.8. The van der Waals surface area contributed by atoms with E-state index in [1.54, 1.807) is 6.07 Å². The zero-order valence-corrected chi connectivity index (χ0v) is 15.5. The fraction of sp³-hybridized carbons (Fsp3) is 0.438. The molecule has 0 spiro atoms. The molecule has 0 saturated heterocycles. The summed E-state index contributed by atoms with van der Waals surface area (Å²) in [5.41, 5.74) is 5.32. The number of carbonyl (C=O) groups is 3. The van der Waals surface area contributed by atoms with Gasteiger partial charge in [-0.15, -0.1) is 0 Å². The van der Waals surface area contributed by atoms with Crippen LogP contribution in [0.3, 0.4) is 0 Å². The first-order valence-corrected chi connectivity index (χ1v) is 9.78. The highest BCUT2D eigenvalue weighted by atomic mass is 32.2. The third-order valence-electron chi connectivity index (χ3n) is 3.46. The number of unbranched alkanes of at least 4 members (excludes halogenated alkanes) is 1. The van der Waals surface area contributed by atoms with Crippen LogP contribution >= 0.6 is 0 Å². The largest absolute Gasteiger partial charge is 0.480 e. The molecule has 0 saturated carbocycles. The molecular formula is C16H24N4O6S. The van der Waals surface area contributed by atoms with Gasteiger partial charge in [0.15, 0.2) is 0 Å². The lowest BCUT2D eigenvalue weighted by molar-refractivity contribution is -0.139. The molecule has 1 atom stereocenters. The van der Waals surface area contributed by atoms with Crippen molar-refractivity contribution < 1.29 is 27.9 Å². The number of amides is 2. The summed E-state index contributed by atoms with van der Waals surface area (Å²) in [6.45, 7) is -0.328. The molecule has 6 N–H and O–H groups in total. The van der Waals surface area contributed by atoms with Gasteiger partial charge in [-0.05, 0) is 31.5 Å². The second kappa shape index (κ2) is 11.3. The molecule has 0 aromatic heterocycles. The molecular weight excluding hydrogens is 376 g/mol. The molecule has 10 nitrogen and oxygen atoms in total. The molecule has 1 rings (SSSR count). The maximum Gasteiger partial charge on any atom is 0.323 e. The number of hydrogen-bond donors (Lipinski definition) is 5. The van der Waals surface area contributed by atoms with Crippen LogP contribution in [0.15, 0.2) is 35.2 Å². The molecule has 0 bridgehead atoms. The van der Waals surface area contributed by atoms with Gasteiger partial charge in [0.2, 0.25) is 21.8 Å². The van der Waals surface area contributed by atoms with Crippen LogP contribution in [-0.2, 0) is 24.4 Å². The molecule has 0 aliphatic carbocycles. The minimum absolute atomic E-state index is 0.0904. The number of carbonyl (C=O) groups excluding carboxylic acids is 2. The maximum atomic E-state index is 12.2. The summed E-state index contributed by atoms with van der Waals surface area (Å²) in [4.78, 5) is 34.4. The van der Waals surface area contributed by atoms with E-state index in [4.69, 9.17) is 5.73 Å². The van der Waals surface area contributed by atoms with Gasteiger partial charge in [-0.3, -0.25) is 14.4 Å². The molecule has 150 valence electrons. The number of sulfonamides is 1. The van der Waals surface area contributed by atoms with Crippen molar-refractivity contribution in [1.29, 1.82) is 0 Å². The molecule has 0 aliphatic rings. The van der Waals surface area contributed by atoms with Crippen molar-refractivity contribution in [3.05, 3.63) is 30.3 Å². The van der Waals surface area contributed by atoms with E-state index in [9.17, 15) is 27.9 Å². The van der Waals surface area contributed by atoms with Gasteiger partial charge in [0, 0.05) is 13.0 Å². The van der Waals surface area contributed by atoms with Crippen LogP contribution in [0.2, 0.25) is 0 Å². The Morgan fingerprint density at radius 1 is 1.04 bits per heavy atom. The van der Waals surface area contributed by atoms with E-state index in [0.29, 0.717) is 19.4 Å². The molecule has 1 aromatic carbocycles. The van der Waals surface area contributed by atoms with Gasteiger partial charge in [0.05, 0.1) is 11.4 Å². The molecule has 0 aliphatic heterocycles. The summed E-state index contributed by atoms with van der Waals surface area (Å²) in [5, 5.41) is 13.8. The van der Waals surface area contributed by atoms with Gasteiger partial charge in [-0.25, -0.2) is 8.42 Å². The highest BCUT2D eigenvalue weighted by Crippen LogP contribution is 2.07. The van der Waals surface area contributed by atoms with E-state index in [2.05, 4.69) is 10.6 Å². The Morgan fingerprint density at radius 2 is 1.70 bits per heavy atom. The summed E-state index contributed by atoms with van der Waals surface area (Å²) in [7, 11) is -4.05. The quantitative estimate of drug-likeness (QED) is 0.274. The van der Waals surface area contributed by atoms with E-state index in [0.717, 1.165) is 0 Å². The number of rotatable bonds is 12. The standard InChI is InChI=1S/C16H24N4O6S/c17-9-5-4-8-14(21)19-11-15(22)18-10-13(16(23)24)20-27(25,26)12-6-2-1-3-7-12/h1-3,6-7,13,20H,4-5,8-11,17H2,(H,18,22)(H,19,21)(H,23,24)/t13-/m1/s1.